The van der Waals surface area contributed by atoms with Gasteiger partial charge in [-0.3, -0.25) is 11.3 Å². The van der Waals surface area contributed by atoms with Gasteiger partial charge in [-0.15, -0.1) is 18.3 Å². The number of aryl methyl sites for hydroxylation is 1. The molecule has 0 amide bonds. The van der Waals surface area contributed by atoms with Crippen molar-refractivity contribution in [3.8, 4) is 0 Å². The third-order valence-corrected chi connectivity index (χ3v) is 4.57. The fraction of sp³-hybridized carbons (Fsp3) is 0.500. The zero-order valence-electron chi connectivity index (χ0n) is 11.9. The van der Waals surface area contributed by atoms with Gasteiger partial charge in [0.05, 0.1) is 0 Å². The summed E-state index contributed by atoms with van der Waals surface area (Å²) in [6, 6.07) is 8.90. The quantitative estimate of drug-likeness (QED) is 0.223. The summed E-state index contributed by atoms with van der Waals surface area (Å²) >= 11 is 1.89. The summed E-state index contributed by atoms with van der Waals surface area (Å²) in [4.78, 5) is 1.36. The van der Waals surface area contributed by atoms with Gasteiger partial charge in [0.2, 0.25) is 0 Å². The lowest BCUT2D eigenvalue weighted by molar-refractivity contribution is 0.503. The minimum Gasteiger partial charge on any atom is -0.271 e. The summed E-state index contributed by atoms with van der Waals surface area (Å²) in [5, 5.41) is 0. The molecule has 0 fully saturated rings. The van der Waals surface area contributed by atoms with Crippen molar-refractivity contribution in [3.05, 3.63) is 42.5 Å². The molecule has 0 aliphatic heterocycles. The fourth-order valence-corrected chi connectivity index (χ4v) is 3.09. The van der Waals surface area contributed by atoms with Gasteiger partial charge in [0.1, 0.15) is 0 Å². The molecule has 2 nitrogen and oxygen atoms in total. The number of nitrogens with two attached hydrogens (primary N) is 1. The molecule has 106 valence electrons. The van der Waals surface area contributed by atoms with E-state index in [0.29, 0.717) is 6.04 Å². The Morgan fingerprint density at radius 3 is 2.79 bits per heavy atom. The number of unbranched alkanes of at least 4 members (excludes halogenated alkanes) is 3. The van der Waals surface area contributed by atoms with Gasteiger partial charge in [-0.25, -0.2) is 0 Å². The molecule has 0 bridgehead atoms. The van der Waals surface area contributed by atoms with Gasteiger partial charge in [0.15, 0.2) is 0 Å². The molecule has 0 radical (unpaired) electrons. The van der Waals surface area contributed by atoms with Crippen LogP contribution in [0.15, 0.2) is 41.8 Å². The summed E-state index contributed by atoms with van der Waals surface area (Å²) in [6.07, 6.45) is 8.00. The molecule has 0 saturated carbocycles. The average Bonchev–Trinajstić information content (AvgIpc) is 2.43. The largest absolute Gasteiger partial charge is 0.271 e. The molecule has 0 saturated heterocycles. The van der Waals surface area contributed by atoms with Gasteiger partial charge in [-0.1, -0.05) is 37.1 Å². The van der Waals surface area contributed by atoms with Gasteiger partial charge in [0, 0.05) is 16.7 Å². The third-order valence-electron chi connectivity index (χ3n) is 3.23. The number of rotatable bonds is 10. The minimum atomic E-state index is 0.397. The Kier molecular flexibility index (Phi) is 8.63. The monoisotopic (exact) mass is 278 g/mol. The number of thioether (sulfide) groups is 1. The van der Waals surface area contributed by atoms with Crippen LogP contribution in [0, 0.1) is 6.92 Å². The molecule has 3 N–H and O–H groups in total. The first-order chi connectivity index (χ1) is 9.27. The Balaban J connectivity index is 2.25. The SMILES string of the molecule is C=CCCCCCC(CSc1ccccc1C)NN. The van der Waals surface area contributed by atoms with Crippen molar-refractivity contribution in [2.45, 2.75) is 50.0 Å². The van der Waals surface area contributed by atoms with Crippen LogP contribution < -0.4 is 11.3 Å². The van der Waals surface area contributed by atoms with E-state index < -0.39 is 0 Å². The van der Waals surface area contributed by atoms with E-state index in [1.807, 2.05) is 17.8 Å². The molecule has 0 spiro atoms. The first-order valence-electron chi connectivity index (χ1n) is 7.03. The topological polar surface area (TPSA) is 38.0 Å². The van der Waals surface area contributed by atoms with Crippen molar-refractivity contribution in [1.82, 2.24) is 5.43 Å². The van der Waals surface area contributed by atoms with Crippen molar-refractivity contribution in [3.63, 3.8) is 0 Å². The van der Waals surface area contributed by atoms with E-state index in [4.69, 9.17) is 5.84 Å². The van der Waals surface area contributed by atoms with Crippen LogP contribution >= 0.6 is 11.8 Å². The lowest BCUT2D eigenvalue weighted by atomic mass is 10.1. The molecule has 1 aromatic rings. The zero-order chi connectivity index (χ0) is 13.9. The lowest BCUT2D eigenvalue weighted by Gasteiger charge is -2.16. The molecular formula is C16H26N2S. The maximum Gasteiger partial charge on any atom is 0.0304 e. The zero-order valence-corrected chi connectivity index (χ0v) is 12.7. The second-order valence-corrected chi connectivity index (χ2v) is 5.93. The van der Waals surface area contributed by atoms with Crippen LogP contribution in [-0.4, -0.2) is 11.8 Å². The Bertz CT molecular complexity index is 366. The summed E-state index contributed by atoms with van der Waals surface area (Å²) in [7, 11) is 0. The number of allylic oxidation sites excluding steroid dienone is 1. The van der Waals surface area contributed by atoms with Crippen molar-refractivity contribution >= 4 is 11.8 Å². The molecule has 0 aliphatic rings. The molecule has 0 heterocycles. The Labute approximate surface area is 121 Å². The van der Waals surface area contributed by atoms with Gasteiger partial charge in [-0.2, -0.15) is 0 Å². The fourth-order valence-electron chi connectivity index (χ4n) is 1.98. The van der Waals surface area contributed by atoms with Crippen LogP contribution in [0.1, 0.15) is 37.7 Å². The number of hydrazine groups is 1. The molecule has 1 atom stereocenters. The molecule has 0 aliphatic carbocycles. The summed E-state index contributed by atoms with van der Waals surface area (Å²) in [5.74, 6) is 6.67. The first-order valence-corrected chi connectivity index (χ1v) is 8.02. The average molecular weight is 278 g/mol. The molecule has 19 heavy (non-hydrogen) atoms. The van der Waals surface area contributed by atoms with Gasteiger partial charge >= 0.3 is 0 Å². The second kappa shape index (κ2) is 10.1. The Morgan fingerprint density at radius 2 is 2.11 bits per heavy atom. The normalized spacial score (nSPS) is 12.3. The van der Waals surface area contributed by atoms with Crippen LogP contribution in [0.2, 0.25) is 0 Å². The van der Waals surface area contributed by atoms with E-state index >= 15 is 0 Å². The highest BCUT2D eigenvalue weighted by molar-refractivity contribution is 7.99. The molecule has 1 unspecified atom stereocenters. The summed E-state index contributed by atoms with van der Waals surface area (Å²) in [6.45, 7) is 5.90. The molecule has 1 rings (SSSR count). The van der Waals surface area contributed by atoms with E-state index in [9.17, 15) is 0 Å². The van der Waals surface area contributed by atoms with Crippen LogP contribution in [0.5, 0.6) is 0 Å². The van der Waals surface area contributed by atoms with Crippen LogP contribution in [0.3, 0.4) is 0 Å². The van der Waals surface area contributed by atoms with E-state index in [1.165, 1.54) is 29.7 Å². The van der Waals surface area contributed by atoms with Crippen LogP contribution in [0.4, 0.5) is 0 Å². The Morgan fingerprint density at radius 1 is 1.32 bits per heavy atom. The van der Waals surface area contributed by atoms with Gasteiger partial charge in [0.25, 0.3) is 0 Å². The van der Waals surface area contributed by atoms with Gasteiger partial charge in [-0.05, 0) is 37.8 Å². The predicted octanol–water partition coefficient (Wildman–Crippen LogP) is 4.06. The maximum atomic E-state index is 5.64. The third kappa shape index (κ3) is 6.81. The van der Waals surface area contributed by atoms with E-state index in [2.05, 4.69) is 43.2 Å². The maximum absolute atomic E-state index is 5.64. The van der Waals surface area contributed by atoms with Crippen molar-refractivity contribution < 1.29 is 0 Å². The number of hydrogen-bond donors (Lipinski definition) is 2. The summed E-state index contributed by atoms with van der Waals surface area (Å²) < 4.78 is 0. The number of benzene rings is 1. The lowest BCUT2D eigenvalue weighted by Crippen LogP contribution is -2.36. The highest BCUT2D eigenvalue weighted by Crippen LogP contribution is 2.23. The van der Waals surface area contributed by atoms with Crippen LogP contribution in [0.25, 0.3) is 0 Å². The van der Waals surface area contributed by atoms with Crippen molar-refractivity contribution in [2.75, 3.05) is 5.75 Å². The van der Waals surface area contributed by atoms with Crippen molar-refractivity contribution in [2.24, 2.45) is 5.84 Å². The first kappa shape index (κ1) is 16.3. The smallest absolute Gasteiger partial charge is 0.0304 e. The Hall–Kier alpha value is -0.770. The minimum absolute atomic E-state index is 0.397. The molecule has 1 aromatic carbocycles. The summed E-state index contributed by atoms with van der Waals surface area (Å²) in [5.41, 5.74) is 4.28. The molecular weight excluding hydrogens is 252 g/mol. The highest BCUT2D eigenvalue weighted by atomic mass is 32.2. The standard InChI is InChI=1S/C16H26N2S/c1-3-4-5-6-7-11-15(18-17)13-19-16-12-9-8-10-14(16)2/h3,8-10,12,15,18H,1,4-7,11,13,17H2,2H3. The molecule has 3 heteroatoms. The highest BCUT2D eigenvalue weighted by Gasteiger charge is 2.07. The van der Waals surface area contributed by atoms with Crippen LogP contribution in [-0.2, 0) is 0 Å². The second-order valence-electron chi connectivity index (χ2n) is 4.87. The van der Waals surface area contributed by atoms with E-state index in [1.54, 1.807) is 0 Å². The van der Waals surface area contributed by atoms with E-state index in [-0.39, 0.29) is 0 Å². The number of nitrogens with one attached hydrogen (secondary N) is 1. The van der Waals surface area contributed by atoms with Crippen molar-refractivity contribution in [1.29, 1.82) is 0 Å². The van der Waals surface area contributed by atoms with Gasteiger partial charge < -0.3 is 0 Å². The molecule has 0 aromatic heterocycles. The predicted molar refractivity (Wildman–Crippen MR) is 86.3 cm³/mol. The van der Waals surface area contributed by atoms with E-state index in [0.717, 1.165) is 18.6 Å². The number of hydrogen-bond acceptors (Lipinski definition) is 3.